The number of pyridine rings is 1. The van der Waals surface area contributed by atoms with E-state index < -0.39 is 5.97 Å². The average Bonchev–Trinajstić information content (AvgIpc) is 2.53. The van der Waals surface area contributed by atoms with Crippen LogP contribution in [0.4, 0.5) is 0 Å². The predicted octanol–water partition coefficient (Wildman–Crippen LogP) is 3.21. The summed E-state index contributed by atoms with van der Waals surface area (Å²) in [6.45, 7) is 5.23. The minimum atomic E-state index is -1.07. The number of hydrogen-bond donors (Lipinski definition) is 1. The number of hydrogen-bond acceptors (Lipinski definition) is 5. The van der Waals surface area contributed by atoms with Gasteiger partial charge in [-0.3, -0.25) is 4.79 Å². The molecule has 1 aliphatic rings. The molecule has 1 amide bonds. The lowest BCUT2D eigenvalue weighted by Crippen LogP contribution is -2.42. The number of carbonyl (C=O) groups is 2. The van der Waals surface area contributed by atoms with E-state index >= 15 is 0 Å². The smallest absolute Gasteiger partial charge is 0.335 e. The van der Waals surface area contributed by atoms with Crippen molar-refractivity contribution in [1.82, 2.24) is 9.88 Å². The summed E-state index contributed by atoms with van der Waals surface area (Å²) in [5.74, 6) is -0.0271. The van der Waals surface area contributed by atoms with Crippen molar-refractivity contribution in [2.45, 2.75) is 26.4 Å². The minimum absolute atomic E-state index is 0.0655. The molecule has 26 heavy (non-hydrogen) atoms. The van der Waals surface area contributed by atoms with Gasteiger partial charge < -0.3 is 19.5 Å². The van der Waals surface area contributed by atoms with E-state index in [1.54, 1.807) is 23.1 Å². The van der Waals surface area contributed by atoms with Crippen molar-refractivity contribution in [1.29, 1.82) is 0 Å². The summed E-state index contributed by atoms with van der Waals surface area (Å²) < 4.78 is 11.3. The molecule has 1 N–H and O–H groups in total. The van der Waals surface area contributed by atoms with Gasteiger partial charge in [0.2, 0.25) is 0 Å². The molecular weight excluding hydrogens is 336 g/mol. The topological polar surface area (TPSA) is 89.0 Å². The second-order valence-corrected chi connectivity index (χ2v) is 6.29. The fourth-order valence-corrected chi connectivity index (χ4v) is 2.48. The van der Waals surface area contributed by atoms with Gasteiger partial charge in [0, 0.05) is 19.2 Å². The van der Waals surface area contributed by atoms with Gasteiger partial charge in [0.05, 0.1) is 17.9 Å². The Bertz CT molecular complexity index is 813. The van der Waals surface area contributed by atoms with Gasteiger partial charge in [0.25, 0.3) is 5.91 Å². The van der Waals surface area contributed by atoms with E-state index in [9.17, 15) is 14.7 Å². The van der Waals surface area contributed by atoms with Gasteiger partial charge in [0.1, 0.15) is 22.9 Å². The Labute approximate surface area is 151 Å². The lowest BCUT2D eigenvalue weighted by Gasteiger charge is -2.30. The monoisotopic (exact) mass is 356 g/mol. The number of aromatic carboxylic acids is 1. The van der Waals surface area contributed by atoms with Gasteiger partial charge in [-0.25, -0.2) is 9.78 Å². The molecule has 0 bridgehead atoms. The number of benzene rings is 1. The van der Waals surface area contributed by atoms with Gasteiger partial charge in [-0.05, 0) is 44.5 Å². The van der Waals surface area contributed by atoms with E-state index in [1.807, 2.05) is 13.8 Å². The molecule has 2 heterocycles. The molecule has 0 spiro atoms. The van der Waals surface area contributed by atoms with Crippen molar-refractivity contribution in [3.05, 3.63) is 47.8 Å². The van der Waals surface area contributed by atoms with E-state index in [0.29, 0.717) is 22.9 Å². The third-order valence-electron chi connectivity index (χ3n) is 3.83. The number of likely N-dealkylation sites (tertiary alicyclic amines) is 1. The zero-order valence-electron chi connectivity index (χ0n) is 14.6. The number of amides is 1. The lowest BCUT2D eigenvalue weighted by atomic mass is 10.2. The highest BCUT2D eigenvalue weighted by molar-refractivity contribution is 5.92. The van der Waals surface area contributed by atoms with Crippen LogP contribution in [-0.2, 0) is 0 Å². The number of rotatable bonds is 6. The third-order valence-corrected chi connectivity index (χ3v) is 3.83. The van der Waals surface area contributed by atoms with Crippen molar-refractivity contribution in [2.24, 2.45) is 0 Å². The van der Waals surface area contributed by atoms with Gasteiger partial charge in [-0.15, -0.1) is 0 Å². The van der Waals surface area contributed by atoms with Crippen LogP contribution < -0.4 is 9.47 Å². The molecule has 0 aliphatic carbocycles. The predicted molar refractivity (Wildman–Crippen MR) is 94.0 cm³/mol. The summed E-state index contributed by atoms with van der Waals surface area (Å²) in [7, 11) is 0. The molecule has 0 atom stereocenters. The Morgan fingerprint density at radius 1 is 1.12 bits per heavy atom. The molecule has 1 fully saturated rings. The minimum Gasteiger partial charge on any atom is -0.491 e. The first kappa shape index (κ1) is 17.7. The molecular formula is C19H20N2O5. The SMILES string of the molecule is CC(C)Oc1cc(Oc2ccc(C(=O)N3CCC3)nc2)cc(C(=O)O)c1. The number of aromatic nitrogens is 1. The van der Waals surface area contributed by atoms with Crippen LogP contribution in [0.5, 0.6) is 17.2 Å². The fourth-order valence-electron chi connectivity index (χ4n) is 2.48. The second-order valence-electron chi connectivity index (χ2n) is 6.29. The maximum absolute atomic E-state index is 12.1. The van der Waals surface area contributed by atoms with Crippen LogP contribution in [0, 0.1) is 0 Å². The Morgan fingerprint density at radius 2 is 1.85 bits per heavy atom. The van der Waals surface area contributed by atoms with E-state index in [1.165, 1.54) is 18.3 Å². The molecule has 1 saturated heterocycles. The lowest BCUT2D eigenvalue weighted by molar-refractivity contribution is 0.0644. The first-order valence-corrected chi connectivity index (χ1v) is 8.40. The largest absolute Gasteiger partial charge is 0.491 e. The van der Waals surface area contributed by atoms with Gasteiger partial charge in [-0.1, -0.05) is 0 Å². The molecule has 1 aromatic heterocycles. The summed E-state index contributed by atoms with van der Waals surface area (Å²) in [6.07, 6.45) is 2.37. The highest BCUT2D eigenvalue weighted by atomic mass is 16.5. The Balaban J connectivity index is 1.77. The molecule has 7 nitrogen and oxygen atoms in total. The van der Waals surface area contributed by atoms with E-state index in [4.69, 9.17) is 9.47 Å². The van der Waals surface area contributed by atoms with Gasteiger partial charge in [-0.2, -0.15) is 0 Å². The van der Waals surface area contributed by atoms with Gasteiger partial charge in [0.15, 0.2) is 0 Å². The molecule has 0 unspecified atom stereocenters. The normalized spacial score (nSPS) is 13.3. The van der Waals surface area contributed by atoms with Crippen LogP contribution in [0.25, 0.3) is 0 Å². The van der Waals surface area contributed by atoms with E-state index in [0.717, 1.165) is 19.5 Å². The fraction of sp³-hybridized carbons (Fsp3) is 0.316. The summed E-state index contributed by atoms with van der Waals surface area (Å²) in [4.78, 5) is 29.3. The Hall–Kier alpha value is -3.09. The number of carboxylic acid groups (broad SMARTS) is 1. The first-order chi connectivity index (χ1) is 12.4. The van der Waals surface area contributed by atoms with Crippen molar-refractivity contribution in [3.63, 3.8) is 0 Å². The molecule has 0 saturated carbocycles. The number of carboxylic acids is 1. The zero-order chi connectivity index (χ0) is 18.7. The summed E-state index contributed by atoms with van der Waals surface area (Å²) in [5.41, 5.74) is 0.427. The summed E-state index contributed by atoms with van der Waals surface area (Å²) in [6, 6.07) is 7.71. The van der Waals surface area contributed by atoms with Crippen molar-refractivity contribution >= 4 is 11.9 Å². The third kappa shape index (κ3) is 4.11. The van der Waals surface area contributed by atoms with Crippen LogP contribution in [-0.4, -0.2) is 46.1 Å². The Kier molecular flexibility index (Phi) is 5.06. The Morgan fingerprint density at radius 3 is 2.38 bits per heavy atom. The molecule has 3 rings (SSSR count). The molecule has 1 aromatic carbocycles. The number of ether oxygens (including phenoxy) is 2. The molecule has 2 aromatic rings. The molecule has 0 radical (unpaired) electrons. The highest BCUT2D eigenvalue weighted by Gasteiger charge is 2.22. The number of carbonyl (C=O) groups excluding carboxylic acids is 1. The van der Waals surface area contributed by atoms with Crippen LogP contribution >= 0.6 is 0 Å². The van der Waals surface area contributed by atoms with Crippen LogP contribution in [0.2, 0.25) is 0 Å². The van der Waals surface area contributed by atoms with E-state index in [-0.39, 0.29) is 17.6 Å². The molecule has 136 valence electrons. The zero-order valence-corrected chi connectivity index (χ0v) is 14.6. The van der Waals surface area contributed by atoms with Crippen LogP contribution in [0.15, 0.2) is 36.5 Å². The molecule has 1 aliphatic heterocycles. The van der Waals surface area contributed by atoms with E-state index in [2.05, 4.69) is 4.98 Å². The number of nitrogens with zero attached hydrogens (tertiary/aromatic N) is 2. The van der Waals surface area contributed by atoms with Crippen LogP contribution in [0.1, 0.15) is 41.1 Å². The maximum Gasteiger partial charge on any atom is 0.335 e. The maximum atomic E-state index is 12.1. The van der Waals surface area contributed by atoms with Crippen molar-refractivity contribution in [2.75, 3.05) is 13.1 Å². The average molecular weight is 356 g/mol. The summed E-state index contributed by atoms with van der Waals surface area (Å²) in [5, 5.41) is 9.25. The summed E-state index contributed by atoms with van der Waals surface area (Å²) >= 11 is 0. The second kappa shape index (κ2) is 7.43. The highest BCUT2D eigenvalue weighted by Crippen LogP contribution is 2.28. The standard InChI is InChI=1S/C19H20N2O5/c1-12(2)25-15-8-13(19(23)24)9-16(10-15)26-14-4-5-17(20-11-14)18(22)21-6-3-7-21/h4-5,8-12H,3,6-7H2,1-2H3,(H,23,24). The van der Waals surface area contributed by atoms with Crippen molar-refractivity contribution < 1.29 is 24.2 Å². The molecule has 7 heteroatoms. The quantitative estimate of drug-likeness (QED) is 0.855. The van der Waals surface area contributed by atoms with Crippen LogP contribution in [0.3, 0.4) is 0 Å². The van der Waals surface area contributed by atoms with Gasteiger partial charge >= 0.3 is 5.97 Å². The van der Waals surface area contributed by atoms with Crippen molar-refractivity contribution in [3.8, 4) is 17.2 Å². The first-order valence-electron chi connectivity index (χ1n) is 8.40.